The zero-order valence-corrected chi connectivity index (χ0v) is 17.4. The molecule has 0 radical (unpaired) electrons. The van der Waals surface area contributed by atoms with Gasteiger partial charge in [-0.2, -0.15) is 5.10 Å². The fourth-order valence-electron chi connectivity index (χ4n) is 3.15. The van der Waals surface area contributed by atoms with E-state index >= 15 is 0 Å². The van der Waals surface area contributed by atoms with Gasteiger partial charge in [-0.25, -0.2) is 0 Å². The number of aromatic nitrogens is 2. The predicted molar refractivity (Wildman–Crippen MR) is 120 cm³/mol. The van der Waals surface area contributed by atoms with Crippen LogP contribution in [0.5, 0.6) is 0 Å². The van der Waals surface area contributed by atoms with E-state index in [2.05, 4.69) is 88.1 Å². The van der Waals surface area contributed by atoms with Gasteiger partial charge in [0.05, 0.1) is 6.54 Å². The second-order valence-electron chi connectivity index (χ2n) is 7.07. The lowest BCUT2D eigenvalue weighted by atomic mass is 10.1. The van der Waals surface area contributed by atoms with Crippen molar-refractivity contribution in [2.45, 2.75) is 26.1 Å². The van der Waals surface area contributed by atoms with Gasteiger partial charge in [-0.15, -0.1) is 0 Å². The molecular weight excluding hydrogens is 360 g/mol. The number of nitrogens with zero attached hydrogens (tertiary/aromatic N) is 4. The maximum absolute atomic E-state index is 4.37. The zero-order chi connectivity index (χ0) is 20.5. The molecule has 3 rings (SSSR count). The number of guanidine groups is 1. The van der Waals surface area contributed by atoms with Crippen LogP contribution in [0.3, 0.4) is 0 Å². The molecule has 2 aromatic carbocycles. The molecule has 0 amide bonds. The summed E-state index contributed by atoms with van der Waals surface area (Å²) in [6.45, 7) is 4.46. The van der Waals surface area contributed by atoms with Crippen LogP contribution in [-0.4, -0.2) is 42.4 Å². The second kappa shape index (κ2) is 10.3. The number of rotatable bonds is 8. The number of para-hydroxylation sites is 1. The summed E-state index contributed by atoms with van der Waals surface area (Å²) in [7, 11) is 3.92. The van der Waals surface area contributed by atoms with Gasteiger partial charge in [-0.05, 0) is 36.2 Å². The highest BCUT2D eigenvalue weighted by Crippen LogP contribution is 2.13. The van der Waals surface area contributed by atoms with E-state index in [-0.39, 0.29) is 0 Å². The number of anilines is 1. The Balaban J connectivity index is 1.53. The Hall–Kier alpha value is -3.28. The highest BCUT2D eigenvalue weighted by atomic mass is 15.3. The summed E-state index contributed by atoms with van der Waals surface area (Å²) in [5.74, 6) is 0.798. The third kappa shape index (κ3) is 5.85. The molecule has 0 saturated carbocycles. The van der Waals surface area contributed by atoms with E-state index in [1.54, 1.807) is 13.2 Å². The third-order valence-corrected chi connectivity index (χ3v) is 5.07. The minimum Gasteiger partial charge on any atom is -0.370 e. The van der Waals surface area contributed by atoms with Crippen molar-refractivity contribution in [3.63, 3.8) is 0 Å². The summed E-state index contributed by atoms with van der Waals surface area (Å²) in [6, 6.07) is 21.1. The largest absolute Gasteiger partial charge is 0.370 e. The van der Waals surface area contributed by atoms with Gasteiger partial charge in [-0.3, -0.25) is 9.67 Å². The summed E-state index contributed by atoms with van der Waals surface area (Å²) in [5.41, 5.74) is 3.69. The second-order valence-corrected chi connectivity index (χ2v) is 7.07. The molecule has 1 heterocycles. The van der Waals surface area contributed by atoms with Crippen LogP contribution < -0.4 is 15.5 Å². The van der Waals surface area contributed by atoms with Crippen LogP contribution in [0.25, 0.3) is 0 Å². The first kappa shape index (κ1) is 20.5. The Morgan fingerprint density at radius 2 is 1.76 bits per heavy atom. The summed E-state index contributed by atoms with van der Waals surface area (Å²) >= 11 is 0. The lowest BCUT2D eigenvalue weighted by molar-refractivity contribution is 0.646. The average molecular weight is 391 g/mol. The van der Waals surface area contributed by atoms with Crippen molar-refractivity contribution in [2.24, 2.45) is 4.99 Å². The number of benzene rings is 2. The Bertz CT molecular complexity index is 889. The minimum atomic E-state index is 0.322. The topological polar surface area (TPSA) is 57.5 Å². The number of hydrogen-bond acceptors (Lipinski definition) is 3. The number of nitrogens with one attached hydrogen (secondary N) is 2. The fourth-order valence-corrected chi connectivity index (χ4v) is 3.15. The molecule has 0 aliphatic heterocycles. The first-order chi connectivity index (χ1) is 14.2. The standard InChI is InChI=1S/C23H30N6/c1-19(28(3)22-12-5-4-6-13-22)16-25-23(24-2)26-17-20-10-7-8-11-21(20)18-29-15-9-14-27-29/h4-15,19H,16-18H2,1-3H3,(H2,24,25,26). The van der Waals surface area contributed by atoms with Gasteiger partial charge in [0, 0.05) is 51.3 Å². The molecule has 6 nitrogen and oxygen atoms in total. The molecule has 0 fully saturated rings. The SMILES string of the molecule is CN=C(NCc1ccccc1Cn1cccn1)NCC(C)N(C)c1ccccc1. The maximum Gasteiger partial charge on any atom is 0.191 e. The zero-order valence-electron chi connectivity index (χ0n) is 17.4. The van der Waals surface area contributed by atoms with Crippen LogP contribution in [0.4, 0.5) is 5.69 Å². The van der Waals surface area contributed by atoms with E-state index in [4.69, 9.17) is 0 Å². The molecule has 6 heteroatoms. The molecule has 1 atom stereocenters. The van der Waals surface area contributed by atoms with Crippen LogP contribution in [0.2, 0.25) is 0 Å². The Kier molecular flexibility index (Phi) is 7.28. The maximum atomic E-state index is 4.37. The quantitative estimate of drug-likeness (QED) is 0.458. The summed E-state index contributed by atoms with van der Waals surface area (Å²) in [5, 5.41) is 11.2. The molecular formula is C23H30N6. The van der Waals surface area contributed by atoms with Gasteiger partial charge in [-0.1, -0.05) is 42.5 Å². The van der Waals surface area contributed by atoms with Gasteiger partial charge in [0.15, 0.2) is 5.96 Å². The van der Waals surface area contributed by atoms with E-state index in [9.17, 15) is 0 Å². The number of aliphatic imine (C=N–C) groups is 1. The predicted octanol–water partition coefficient (Wildman–Crippen LogP) is 3.12. The molecule has 1 unspecified atom stereocenters. The van der Waals surface area contributed by atoms with Crippen molar-refractivity contribution < 1.29 is 0 Å². The monoisotopic (exact) mass is 390 g/mol. The molecule has 1 aromatic heterocycles. The molecule has 2 N–H and O–H groups in total. The van der Waals surface area contributed by atoms with Crippen LogP contribution >= 0.6 is 0 Å². The summed E-state index contributed by atoms with van der Waals surface area (Å²) < 4.78 is 1.94. The van der Waals surface area contributed by atoms with Gasteiger partial charge in [0.2, 0.25) is 0 Å². The lowest BCUT2D eigenvalue weighted by Gasteiger charge is -2.28. The Labute approximate surface area is 173 Å². The van der Waals surface area contributed by atoms with Crippen molar-refractivity contribution >= 4 is 11.6 Å². The van der Waals surface area contributed by atoms with Crippen molar-refractivity contribution in [2.75, 3.05) is 25.5 Å². The molecule has 0 saturated heterocycles. The van der Waals surface area contributed by atoms with Crippen LogP contribution in [-0.2, 0) is 13.1 Å². The smallest absolute Gasteiger partial charge is 0.191 e. The van der Waals surface area contributed by atoms with Crippen LogP contribution in [0, 0.1) is 0 Å². The van der Waals surface area contributed by atoms with Crippen molar-refractivity contribution in [1.82, 2.24) is 20.4 Å². The Morgan fingerprint density at radius 1 is 1.03 bits per heavy atom. The van der Waals surface area contributed by atoms with Gasteiger partial charge in [0.25, 0.3) is 0 Å². The molecule has 3 aromatic rings. The van der Waals surface area contributed by atoms with E-state index < -0.39 is 0 Å². The van der Waals surface area contributed by atoms with Crippen LogP contribution in [0.1, 0.15) is 18.1 Å². The number of likely N-dealkylation sites (N-methyl/N-ethyl adjacent to an activating group) is 1. The van der Waals surface area contributed by atoms with E-state index in [0.717, 1.165) is 19.0 Å². The number of hydrogen-bond donors (Lipinski definition) is 2. The summed E-state index contributed by atoms with van der Waals surface area (Å²) in [4.78, 5) is 6.63. The van der Waals surface area contributed by atoms with Crippen molar-refractivity contribution in [3.8, 4) is 0 Å². The highest BCUT2D eigenvalue weighted by Gasteiger charge is 2.11. The molecule has 0 bridgehead atoms. The minimum absolute atomic E-state index is 0.322. The summed E-state index contributed by atoms with van der Waals surface area (Å²) in [6.07, 6.45) is 3.79. The van der Waals surface area contributed by atoms with E-state index in [1.807, 2.05) is 23.0 Å². The third-order valence-electron chi connectivity index (χ3n) is 5.07. The molecule has 0 spiro atoms. The molecule has 152 valence electrons. The van der Waals surface area contributed by atoms with Gasteiger partial charge < -0.3 is 15.5 Å². The van der Waals surface area contributed by atoms with E-state index in [1.165, 1.54) is 16.8 Å². The van der Waals surface area contributed by atoms with Crippen molar-refractivity contribution in [3.05, 3.63) is 84.2 Å². The molecule has 29 heavy (non-hydrogen) atoms. The normalized spacial score (nSPS) is 12.4. The first-order valence-corrected chi connectivity index (χ1v) is 9.94. The van der Waals surface area contributed by atoms with E-state index in [0.29, 0.717) is 12.6 Å². The highest BCUT2D eigenvalue weighted by molar-refractivity contribution is 5.79. The average Bonchev–Trinajstić information content (AvgIpc) is 3.28. The fraction of sp³-hybridized carbons (Fsp3) is 0.304. The first-order valence-electron chi connectivity index (χ1n) is 9.94. The van der Waals surface area contributed by atoms with Crippen LogP contribution in [0.15, 0.2) is 78.0 Å². The molecule has 0 aliphatic rings. The molecule has 0 aliphatic carbocycles. The lowest BCUT2D eigenvalue weighted by Crippen LogP contribution is -2.44. The van der Waals surface area contributed by atoms with Gasteiger partial charge >= 0.3 is 0 Å². The van der Waals surface area contributed by atoms with Crippen molar-refractivity contribution in [1.29, 1.82) is 0 Å². The van der Waals surface area contributed by atoms with Gasteiger partial charge in [0.1, 0.15) is 0 Å². The Morgan fingerprint density at radius 3 is 2.45 bits per heavy atom.